The molecule has 2 aliphatic rings. The quantitative estimate of drug-likeness (QED) is 0.773. The summed E-state index contributed by atoms with van der Waals surface area (Å²) in [4.78, 5) is 28.5. The molecule has 0 bridgehead atoms. The van der Waals surface area contributed by atoms with Crippen molar-refractivity contribution in [1.82, 2.24) is 9.80 Å². The fraction of sp³-hybridized carbons (Fsp3) is 0.500. The zero-order valence-electron chi connectivity index (χ0n) is 14.5. The predicted octanol–water partition coefficient (Wildman–Crippen LogP) is 3.30. The Morgan fingerprint density at radius 2 is 1.96 bits per heavy atom. The first-order valence-electron chi connectivity index (χ1n) is 8.93. The molecule has 0 aromatic heterocycles. The molecule has 2 fully saturated rings. The van der Waals surface area contributed by atoms with Crippen LogP contribution >= 0.6 is 11.6 Å². The Kier molecular flexibility index (Phi) is 5.48. The van der Waals surface area contributed by atoms with E-state index in [1.165, 1.54) is 0 Å². The summed E-state index contributed by atoms with van der Waals surface area (Å²) >= 11 is 6.17. The Bertz CT molecular complexity index is 665. The molecule has 2 saturated heterocycles. The van der Waals surface area contributed by atoms with Gasteiger partial charge in [0.1, 0.15) is 0 Å². The number of amides is 2. The van der Waals surface area contributed by atoms with Gasteiger partial charge in [0.15, 0.2) is 0 Å². The van der Waals surface area contributed by atoms with E-state index in [-0.39, 0.29) is 17.2 Å². The second kappa shape index (κ2) is 7.61. The topological polar surface area (TPSA) is 40.6 Å². The van der Waals surface area contributed by atoms with Gasteiger partial charge in [-0.15, -0.1) is 6.58 Å². The van der Waals surface area contributed by atoms with E-state index < -0.39 is 0 Å². The van der Waals surface area contributed by atoms with Gasteiger partial charge in [0, 0.05) is 37.6 Å². The van der Waals surface area contributed by atoms with Crippen LogP contribution in [0.5, 0.6) is 0 Å². The number of carbonyl (C=O) groups is 2. The number of carbonyl (C=O) groups excluding carboxylic acids is 2. The lowest BCUT2D eigenvalue weighted by atomic mass is 9.72. The Morgan fingerprint density at radius 1 is 1.24 bits per heavy atom. The third kappa shape index (κ3) is 4.06. The molecule has 5 heteroatoms. The third-order valence-corrected chi connectivity index (χ3v) is 5.94. The van der Waals surface area contributed by atoms with Gasteiger partial charge < -0.3 is 9.80 Å². The molecule has 3 rings (SSSR count). The third-order valence-electron chi connectivity index (χ3n) is 5.57. The van der Waals surface area contributed by atoms with E-state index >= 15 is 0 Å². The van der Waals surface area contributed by atoms with Gasteiger partial charge in [-0.2, -0.15) is 0 Å². The lowest BCUT2D eigenvalue weighted by Gasteiger charge is -2.47. The van der Waals surface area contributed by atoms with Crippen LogP contribution in [0.25, 0.3) is 0 Å². The average Bonchev–Trinajstić information content (AvgIpc) is 2.61. The lowest BCUT2D eigenvalue weighted by molar-refractivity contribution is -0.141. The van der Waals surface area contributed by atoms with Gasteiger partial charge in [0.2, 0.25) is 11.8 Å². The van der Waals surface area contributed by atoms with E-state index in [2.05, 4.69) is 6.58 Å². The maximum atomic E-state index is 12.6. The van der Waals surface area contributed by atoms with Gasteiger partial charge in [-0.25, -0.2) is 0 Å². The molecular weight excluding hydrogens is 336 g/mol. The zero-order valence-corrected chi connectivity index (χ0v) is 15.3. The molecule has 1 spiro atoms. The molecule has 2 amide bonds. The Labute approximate surface area is 154 Å². The van der Waals surface area contributed by atoms with Gasteiger partial charge in [-0.05, 0) is 36.3 Å². The summed E-state index contributed by atoms with van der Waals surface area (Å²) in [7, 11) is 0. The summed E-state index contributed by atoms with van der Waals surface area (Å²) in [6.07, 6.45) is 5.62. The van der Waals surface area contributed by atoms with Crippen molar-refractivity contribution < 1.29 is 9.59 Å². The molecule has 0 radical (unpaired) electrons. The summed E-state index contributed by atoms with van der Waals surface area (Å²) < 4.78 is 0. The fourth-order valence-corrected chi connectivity index (χ4v) is 4.18. The summed E-state index contributed by atoms with van der Waals surface area (Å²) in [6.45, 7) is 6.69. The van der Waals surface area contributed by atoms with E-state index in [1.807, 2.05) is 34.1 Å². The highest BCUT2D eigenvalue weighted by Gasteiger charge is 2.41. The predicted molar refractivity (Wildman–Crippen MR) is 99.4 cm³/mol. The van der Waals surface area contributed by atoms with Gasteiger partial charge in [-0.3, -0.25) is 9.59 Å². The van der Waals surface area contributed by atoms with Crippen molar-refractivity contribution in [3.63, 3.8) is 0 Å². The highest BCUT2D eigenvalue weighted by Crippen LogP contribution is 2.40. The Hall–Kier alpha value is -1.81. The van der Waals surface area contributed by atoms with Crippen LogP contribution in [-0.4, -0.2) is 47.8 Å². The van der Waals surface area contributed by atoms with Crippen molar-refractivity contribution in [1.29, 1.82) is 0 Å². The van der Waals surface area contributed by atoms with Crippen LogP contribution in [0.1, 0.15) is 31.2 Å². The van der Waals surface area contributed by atoms with Crippen molar-refractivity contribution in [3.8, 4) is 0 Å². The molecule has 0 atom stereocenters. The second-order valence-electron chi connectivity index (χ2n) is 7.21. The largest absolute Gasteiger partial charge is 0.342 e. The van der Waals surface area contributed by atoms with Gasteiger partial charge >= 0.3 is 0 Å². The monoisotopic (exact) mass is 360 g/mol. The van der Waals surface area contributed by atoms with Crippen LogP contribution in [0.2, 0.25) is 5.02 Å². The summed E-state index contributed by atoms with van der Waals surface area (Å²) in [6, 6.07) is 7.52. The van der Waals surface area contributed by atoms with E-state index in [0.717, 1.165) is 44.5 Å². The maximum absolute atomic E-state index is 12.6. The minimum absolute atomic E-state index is 0.137. The van der Waals surface area contributed by atoms with Crippen LogP contribution in [-0.2, 0) is 16.0 Å². The van der Waals surface area contributed by atoms with Gasteiger partial charge in [0.05, 0.1) is 6.42 Å². The summed E-state index contributed by atoms with van der Waals surface area (Å²) in [5.74, 6) is 0.362. The second-order valence-corrected chi connectivity index (χ2v) is 7.62. The number of nitrogens with zero attached hydrogens (tertiary/aromatic N) is 2. The van der Waals surface area contributed by atoms with Crippen molar-refractivity contribution in [2.75, 3.05) is 26.2 Å². The van der Waals surface area contributed by atoms with Gasteiger partial charge in [0.25, 0.3) is 0 Å². The first-order chi connectivity index (χ1) is 12.0. The van der Waals surface area contributed by atoms with Gasteiger partial charge in [-0.1, -0.05) is 35.9 Å². The molecule has 4 nitrogen and oxygen atoms in total. The number of benzene rings is 1. The van der Waals surface area contributed by atoms with Crippen molar-refractivity contribution in [2.24, 2.45) is 5.41 Å². The first-order valence-corrected chi connectivity index (χ1v) is 9.31. The van der Waals surface area contributed by atoms with E-state index in [1.54, 1.807) is 6.08 Å². The fourth-order valence-electron chi connectivity index (χ4n) is 3.98. The molecule has 2 aliphatic heterocycles. The van der Waals surface area contributed by atoms with E-state index in [9.17, 15) is 9.59 Å². The average molecular weight is 361 g/mol. The Balaban J connectivity index is 1.58. The normalized spacial score (nSPS) is 20.0. The maximum Gasteiger partial charge on any atom is 0.227 e. The minimum atomic E-state index is 0.137. The van der Waals surface area contributed by atoms with Crippen LogP contribution in [0.15, 0.2) is 36.9 Å². The number of rotatable bonds is 4. The zero-order chi connectivity index (χ0) is 17.9. The summed E-state index contributed by atoms with van der Waals surface area (Å²) in [5.41, 5.74) is 1.05. The van der Waals surface area contributed by atoms with Crippen LogP contribution < -0.4 is 0 Å². The Morgan fingerprint density at radius 3 is 2.64 bits per heavy atom. The number of halogens is 1. The molecular formula is C20H25ClN2O2. The molecule has 0 saturated carbocycles. The van der Waals surface area contributed by atoms with E-state index in [4.69, 9.17) is 11.6 Å². The van der Waals surface area contributed by atoms with Crippen LogP contribution in [0.3, 0.4) is 0 Å². The lowest BCUT2D eigenvalue weighted by Crippen LogP contribution is -2.52. The van der Waals surface area contributed by atoms with Crippen molar-refractivity contribution in [2.45, 2.75) is 32.1 Å². The molecule has 0 aliphatic carbocycles. The van der Waals surface area contributed by atoms with Crippen LogP contribution in [0.4, 0.5) is 0 Å². The number of hydrogen-bond acceptors (Lipinski definition) is 2. The first kappa shape index (κ1) is 18.0. The number of piperidine rings is 2. The molecule has 134 valence electrons. The van der Waals surface area contributed by atoms with Crippen LogP contribution in [0, 0.1) is 5.41 Å². The molecule has 0 unspecified atom stereocenters. The van der Waals surface area contributed by atoms with Crippen molar-refractivity contribution in [3.05, 3.63) is 47.5 Å². The molecule has 1 aromatic rings. The van der Waals surface area contributed by atoms with Crippen molar-refractivity contribution >= 4 is 23.4 Å². The summed E-state index contributed by atoms with van der Waals surface area (Å²) in [5, 5.41) is 0.648. The van der Waals surface area contributed by atoms with E-state index in [0.29, 0.717) is 24.4 Å². The molecule has 2 heterocycles. The smallest absolute Gasteiger partial charge is 0.227 e. The highest BCUT2D eigenvalue weighted by molar-refractivity contribution is 6.31. The highest BCUT2D eigenvalue weighted by atomic mass is 35.5. The molecule has 25 heavy (non-hydrogen) atoms. The minimum Gasteiger partial charge on any atom is -0.342 e. The molecule has 0 N–H and O–H groups in total. The standard InChI is InChI=1S/C20H25ClN2O2/c1-2-11-23-15-20(8-7-18(23)24)9-12-22(13-10-20)19(25)14-16-5-3-4-6-17(16)21/h2-6H,1,7-15H2. The molecule has 1 aromatic carbocycles. The number of likely N-dealkylation sites (tertiary alicyclic amines) is 2. The number of hydrogen-bond donors (Lipinski definition) is 0. The SMILES string of the molecule is C=CCN1CC2(CCC1=O)CCN(C(=O)Cc1ccccc1Cl)CC2.